The van der Waals surface area contributed by atoms with Gasteiger partial charge in [0.1, 0.15) is 5.39 Å². The molecule has 2 aromatic heterocycles. The summed E-state index contributed by atoms with van der Waals surface area (Å²) < 4.78 is 29.6. The summed E-state index contributed by atoms with van der Waals surface area (Å²) in [5, 5.41) is 8.75. The lowest BCUT2D eigenvalue weighted by Crippen LogP contribution is -2.41. The molecule has 0 saturated heterocycles. The van der Waals surface area contributed by atoms with Crippen molar-refractivity contribution in [2.24, 2.45) is 5.92 Å². The van der Waals surface area contributed by atoms with Crippen LogP contribution in [0.4, 0.5) is 11.5 Å². The molecule has 3 heterocycles. The van der Waals surface area contributed by atoms with Gasteiger partial charge in [0.15, 0.2) is 5.82 Å². The first-order valence-electron chi connectivity index (χ1n) is 12.1. The van der Waals surface area contributed by atoms with Crippen molar-refractivity contribution in [3.63, 3.8) is 0 Å². The average molecular weight is 484 g/mol. The van der Waals surface area contributed by atoms with Crippen molar-refractivity contribution in [2.45, 2.75) is 82.8 Å². The predicted molar refractivity (Wildman–Crippen MR) is 134 cm³/mol. The summed E-state index contributed by atoms with van der Waals surface area (Å²) in [5.74, 6) is 0.980. The Hall–Kier alpha value is -2.65. The monoisotopic (exact) mass is 483 g/mol. The fourth-order valence-electron chi connectivity index (χ4n) is 5.40. The van der Waals surface area contributed by atoms with E-state index in [0.717, 1.165) is 30.3 Å². The molecule has 5 rings (SSSR count). The highest BCUT2D eigenvalue weighted by molar-refractivity contribution is 7.89. The van der Waals surface area contributed by atoms with Crippen molar-refractivity contribution in [2.75, 3.05) is 5.32 Å². The Balaban J connectivity index is 1.54. The topological polar surface area (TPSA) is 100 Å². The fraction of sp³-hybridized carbons (Fsp3) is 0.520. The maximum Gasteiger partial charge on any atom is 0.261 e. The second-order valence-corrected chi connectivity index (χ2v) is 12.5. The Morgan fingerprint density at radius 3 is 2.65 bits per heavy atom. The Bertz CT molecular complexity index is 1400. The molecule has 0 bridgehead atoms. The van der Waals surface area contributed by atoms with Gasteiger partial charge in [-0.05, 0) is 69.4 Å². The van der Waals surface area contributed by atoms with Gasteiger partial charge < -0.3 is 10.3 Å². The summed E-state index contributed by atoms with van der Waals surface area (Å²) in [7, 11) is -3.52. The summed E-state index contributed by atoms with van der Waals surface area (Å²) >= 11 is 0. The molecule has 0 spiro atoms. The standard InChI is InChI=1S/C25H33N5O3S/c1-16-8-6-5-7-9-19(16)30-20-12-13-26-24(31)22(20)23(28-30)27-18-10-11-21-17(14-18)15-29(25(2,3)4)34(21,32)33/h10-14,16,19H,5-9,15H2,1-4H3,(H,26,31)(H,27,28)/t16-,19+/m0/s1. The maximum atomic E-state index is 13.0. The van der Waals surface area contributed by atoms with E-state index < -0.39 is 15.6 Å². The molecule has 0 unspecified atom stereocenters. The maximum absolute atomic E-state index is 13.0. The third-order valence-corrected chi connectivity index (χ3v) is 9.43. The molecule has 1 fully saturated rings. The number of anilines is 2. The zero-order chi connectivity index (χ0) is 24.3. The lowest BCUT2D eigenvalue weighted by molar-refractivity contribution is 0.252. The number of nitrogens with zero attached hydrogens (tertiary/aromatic N) is 3. The SMILES string of the molecule is C[C@H]1CCCCC[C@H]1n1nc(Nc2ccc3c(c2)CN(C(C)(C)C)S3(=O)=O)c2c(=O)[nH]ccc21. The molecule has 9 heteroatoms. The fourth-order valence-corrected chi connectivity index (χ4v) is 7.36. The van der Waals surface area contributed by atoms with E-state index in [1.807, 2.05) is 37.6 Å². The lowest BCUT2D eigenvalue weighted by atomic mass is 9.97. The predicted octanol–water partition coefficient (Wildman–Crippen LogP) is 4.91. The van der Waals surface area contributed by atoms with Crippen LogP contribution in [0.3, 0.4) is 0 Å². The number of hydrogen-bond donors (Lipinski definition) is 2. The number of rotatable bonds is 3. The van der Waals surface area contributed by atoms with Crippen molar-refractivity contribution < 1.29 is 8.42 Å². The number of pyridine rings is 1. The number of nitrogens with one attached hydrogen (secondary N) is 2. The van der Waals surface area contributed by atoms with E-state index in [1.54, 1.807) is 18.3 Å². The van der Waals surface area contributed by atoms with Crippen LogP contribution in [0, 0.1) is 5.92 Å². The number of H-pyrrole nitrogens is 1. The molecule has 1 saturated carbocycles. The Morgan fingerprint density at radius 1 is 1.12 bits per heavy atom. The van der Waals surface area contributed by atoms with Crippen LogP contribution in [0.1, 0.15) is 71.4 Å². The molecule has 1 aliphatic carbocycles. The van der Waals surface area contributed by atoms with E-state index in [-0.39, 0.29) is 11.6 Å². The molecule has 0 amide bonds. The van der Waals surface area contributed by atoms with E-state index in [4.69, 9.17) is 5.10 Å². The van der Waals surface area contributed by atoms with Gasteiger partial charge in [-0.2, -0.15) is 9.40 Å². The van der Waals surface area contributed by atoms with Gasteiger partial charge in [0.25, 0.3) is 5.56 Å². The van der Waals surface area contributed by atoms with Crippen LogP contribution in [-0.4, -0.2) is 33.0 Å². The van der Waals surface area contributed by atoms with Crippen molar-refractivity contribution in [1.29, 1.82) is 0 Å². The molecule has 2 atom stereocenters. The number of sulfonamides is 1. The Kier molecular flexibility index (Phi) is 5.60. The number of benzene rings is 1. The van der Waals surface area contributed by atoms with E-state index in [9.17, 15) is 13.2 Å². The van der Waals surface area contributed by atoms with E-state index in [1.165, 1.54) is 17.1 Å². The molecule has 8 nitrogen and oxygen atoms in total. The minimum Gasteiger partial charge on any atom is -0.338 e. The van der Waals surface area contributed by atoms with Crippen molar-refractivity contribution in [1.82, 2.24) is 19.1 Å². The van der Waals surface area contributed by atoms with E-state index in [0.29, 0.717) is 34.2 Å². The normalized spacial score (nSPS) is 23.1. The number of fused-ring (bicyclic) bond motifs is 2. The Morgan fingerprint density at radius 2 is 1.88 bits per heavy atom. The van der Waals surface area contributed by atoms with Gasteiger partial charge in [-0.3, -0.25) is 9.48 Å². The molecule has 182 valence electrons. The summed E-state index contributed by atoms with van der Waals surface area (Å²) in [5.41, 5.74) is 1.59. The van der Waals surface area contributed by atoms with Crippen LogP contribution >= 0.6 is 0 Å². The average Bonchev–Trinajstić information content (AvgIpc) is 3.16. The summed E-state index contributed by atoms with van der Waals surface area (Å²) in [6.45, 7) is 8.29. The highest BCUT2D eigenvalue weighted by Crippen LogP contribution is 2.38. The zero-order valence-electron chi connectivity index (χ0n) is 20.3. The first kappa shape index (κ1) is 23.1. The molecule has 1 aromatic carbocycles. The van der Waals surface area contributed by atoms with Crippen molar-refractivity contribution >= 4 is 32.4 Å². The lowest BCUT2D eigenvalue weighted by Gasteiger charge is -2.29. The van der Waals surface area contributed by atoms with Crippen molar-refractivity contribution in [3.05, 3.63) is 46.4 Å². The van der Waals surface area contributed by atoms with Gasteiger partial charge in [0.05, 0.1) is 16.5 Å². The van der Waals surface area contributed by atoms with Crippen LogP contribution < -0.4 is 10.9 Å². The van der Waals surface area contributed by atoms with Gasteiger partial charge in [-0.25, -0.2) is 8.42 Å². The highest BCUT2D eigenvalue weighted by Gasteiger charge is 2.41. The van der Waals surface area contributed by atoms with Crippen LogP contribution in [-0.2, 0) is 16.6 Å². The second kappa shape index (κ2) is 8.23. The van der Waals surface area contributed by atoms with Crippen LogP contribution in [0.15, 0.2) is 40.2 Å². The molecule has 3 aromatic rings. The van der Waals surface area contributed by atoms with Crippen LogP contribution in [0.5, 0.6) is 0 Å². The van der Waals surface area contributed by atoms with Crippen LogP contribution in [0.2, 0.25) is 0 Å². The molecular formula is C25H33N5O3S. The zero-order valence-corrected chi connectivity index (χ0v) is 21.1. The highest BCUT2D eigenvalue weighted by atomic mass is 32.2. The van der Waals surface area contributed by atoms with Crippen LogP contribution in [0.25, 0.3) is 10.9 Å². The smallest absolute Gasteiger partial charge is 0.261 e. The minimum absolute atomic E-state index is 0.185. The van der Waals surface area contributed by atoms with Gasteiger partial charge >= 0.3 is 0 Å². The quantitative estimate of drug-likeness (QED) is 0.516. The minimum atomic E-state index is -3.52. The van der Waals surface area contributed by atoms with Gasteiger partial charge in [0.2, 0.25) is 10.0 Å². The first-order valence-corrected chi connectivity index (χ1v) is 13.5. The van der Waals surface area contributed by atoms with E-state index >= 15 is 0 Å². The third kappa shape index (κ3) is 3.84. The summed E-state index contributed by atoms with van der Waals surface area (Å²) in [4.78, 5) is 15.9. The number of aromatic amines is 1. The van der Waals surface area contributed by atoms with E-state index in [2.05, 4.69) is 17.2 Å². The van der Waals surface area contributed by atoms with Gasteiger partial charge in [0, 0.05) is 24.0 Å². The molecule has 2 N–H and O–H groups in total. The second-order valence-electron chi connectivity index (χ2n) is 10.7. The molecular weight excluding hydrogens is 450 g/mol. The molecule has 0 radical (unpaired) electrons. The number of hydrogen-bond acceptors (Lipinski definition) is 5. The summed E-state index contributed by atoms with van der Waals surface area (Å²) in [6, 6.07) is 7.42. The molecule has 2 aliphatic rings. The molecule has 1 aliphatic heterocycles. The summed E-state index contributed by atoms with van der Waals surface area (Å²) in [6.07, 6.45) is 7.49. The Labute approximate surface area is 200 Å². The molecule has 34 heavy (non-hydrogen) atoms. The first-order chi connectivity index (χ1) is 16.1. The number of aromatic nitrogens is 3. The van der Waals surface area contributed by atoms with Gasteiger partial charge in [-0.15, -0.1) is 0 Å². The third-order valence-electron chi connectivity index (χ3n) is 7.21. The largest absolute Gasteiger partial charge is 0.338 e. The van der Waals surface area contributed by atoms with Crippen molar-refractivity contribution in [3.8, 4) is 0 Å². The van der Waals surface area contributed by atoms with Gasteiger partial charge in [-0.1, -0.05) is 26.2 Å².